The van der Waals surface area contributed by atoms with Gasteiger partial charge in [0, 0.05) is 29.0 Å². The van der Waals surface area contributed by atoms with E-state index >= 15 is 0 Å². The Labute approximate surface area is 186 Å². The molecule has 0 radical (unpaired) electrons. The summed E-state index contributed by atoms with van der Waals surface area (Å²) < 4.78 is 0. The number of nitrogens with zero attached hydrogens (tertiary/aromatic N) is 1. The summed E-state index contributed by atoms with van der Waals surface area (Å²) in [6.07, 6.45) is -0.0843. The number of amides is 1. The number of thiocarbonyl (C=S) groups is 1. The summed E-state index contributed by atoms with van der Waals surface area (Å²) in [6.45, 7) is 4.16. The van der Waals surface area contributed by atoms with Gasteiger partial charge in [0.25, 0.3) is 0 Å². The predicted molar refractivity (Wildman–Crippen MR) is 83.6 cm³/mol. The maximum absolute atomic E-state index is 12.2. The SMILES string of the molecule is C[C@@H](O)[C@H]1C(=O)N2C(C(=O)[O-])=C(S[C@H]3CNC(=S)C3)[C@H](C)[C@H]12.[K+]. The van der Waals surface area contributed by atoms with Crippen LogP contribution in [-0.4, -0.2) is 50.8 Å². The Morgan fingerprint density at radius 2 is 2.22 bits per heavy atom. The van der Waals surface area contributed by atoms with Crippen molar-refractivity contribution >= 4 is 40.8 Å². The first-order chi connectivity index (χ1) is 10.3. The van der Waals surface area contributed by atoms with Gasteiger partial charge < -0.3 is 25.2 Å². The van der Waals surface area contributed by atoms with Crippen LogP contribution in [0.4, 0.5) is 0 Å². The predicted octanol–water partition coefficient (Wildman–Crippen LogP) is -3.77. The van der Waals surface area contributed by atoms with Crippen LogP contribution in [0.25, 0.3) is 0 Å². The normalized spacial score (nSPS) is 33.8. The first kappa shape index (κ1) is 19.8. The number of carboxylic acid groups (broad SMARTS) is 1. The van der Waals surface area contributed by atoms with Crippen LogP contribution in [0.1, 0.15) is 20.3 Å². The zero-order valence-corrected chi connectivity index (χ0v) is 18.0. The van der Waals surface area contributed by atoms with E-state index in [2.05, 4.69) is 5.32 Å². The molecule has 5 atom stereocenters. The van der Waals surface area contributed by atoms with Gasteiger partial charge in [-0.15, -0.1) is 11.8 Å². The fraction of sp³-hybridized carbons (Fsp3) is 0.643. The molecule has 3 aliphatic heterocycles. The Bertz CT molecular complexity index is 595. The van der Waals surface area contributed by atoms with Crippen LogP contribution in [0.15, 0.2) is 10.6 Å². The smallest absolute Gasteiger partial charge is 0.543 e. The summed E-state index contributed by atoms with van der Waals surface area (Å²) in [5, 5.41) is 24.5. The molecule has 0 aromatic carbocycles. The molecule has 3 aliphatic rings. The fourth-order valence-corrected chi connectivity index (χ4v) is 5.32. The monoisotopic (exact) mass is 380 g/mol. The standard InChI is InChI=1S/C14H18N2O4S2.K/c1-5-10-9(6(2)17)13(18)16(10)11(14(19)20)12(5)22-7-3-8(21)15-4-7;/h5-7,9-10,17H,3-4H2,1-2H3,(H,15,21)(H,19,20);/q;+1/p-1/t5-,6-,7-,9-,10-;/m1./s1. The molecule has 2 saturated heterocycles. The van der Waals surface area contributed by atoms with E-state index < -0.39 is 18.0 Å². The van der Waals surface area contributed by atoms with E-state index in [1.165, 1.54) is 16.7 Å². The minimum absolute atomic E-state index is 0. The number of carbonyl (C=O) groups is 2. The second-order valence-electron chi connectivity index (χ2n) is 6.00. The maximum atomic E-state index is 12.2. The Morgan fingerprint density at radius 3 is 2.70 bits per heavy atom. The van der Waals surface area contributed by atoms with Crippen LogP contribution in [0.5, 0.6) is 0 Å². The number of hydrogen-bond donors (Lipinski definition) is 2. The van der Waals surface area contributed by atoms with Crippen molar-refractivity contribution in [3.05, 3.63) is 10.6 Å². The average molecular weight is 381 g/mol. The summed E-state index contributed by atoms with van der Waals surface area (Å²) in [5.41, 5.74) is -0.0257. The summed E-state index contributed by atoms with van der Waals surface area (Å²) in [4.78, 5) is 26.4. The molecule has 3 heterocycles. The average Bonchev–Trinajstić information content (AvgIpc) is 2.92. The van der Waals surface area contributed by atoms with E-state index in [9.17, 15) is 19.8 Å². The van der Waals surface area contributed by atoms with Crippen LogP contribution in [0.3, 0.4) is 0 Å². The Morgan fingerprint density at radius 1 is 1.57 bits per heavy atom. The molecule has 0 aromatic heterocycles. The number of carboxylic acids is 1. The Balaban J connectivity index is 0.00000192. The van der Waals surface area contributed by atoms with E-state index in [1.54, 1.807) is 6.92 Å². The summed E-state index contributed by atoms with van der Waals surface area (Å²) >= 11 is 6.57. The second kappa shape index (κ2) is 7.41. The van der Waals surface area contributed by atoms with E-state index in [0.717, 1.165) is 4.99 Å². The van der Waals surface area contributed by atoms with Crippen LogP contribution < -0.4 is 61.8 Å². The quantitative estimate of drug-likeness (QED) is 0.294. The van der Waals surface area contributed by atoms with Gasteiger partial charge in [0.2, 0.25) is 5.91 Å². The first-order valence-electron chi connectivity index (χ1n) is 7.23. The number of thioether (sulfide) groups is 1. The molecule has 1 amide bonds. The van der Waals surface area contributed by atoms with Crippen LogP contribution in [-0.2, 0) is 9.59 Å². The minimum atomic E-state index is -1.33. The molecule has 6 nitrogen and oxygen atoms in total. The zero-order chi connectivity index (χ0) is 16.2. The van der Waals surface area contributed by atoms with Gasteiger partial charge in [-0.2, -0.15) is 0 Å². The van der Waals surface area contributed by atoms with Crippen molar-refractivity contribution < 1.29 is 71.2 Å². The van der Waals surface area contributed by atoms with Gasteiger partial charge in [-0.1, -0.05) is 19.1 Å². The third kappa shape index (κ3) is 3.31. The summed E-state index contributed by atoms with van der Waals surface area (Å²) in [5.74, 6) is -2.32. The molecular formula is C14H17KN2O4S2. The van der Waals surface area contributed by atoms with E-state index in [4.69, 9.17) is 12.2 Å². The molecule has 23 heavy (non-hydrogen) atoms. The molecule has 2 fully saturated rings. The topological polar surface area (TPSA) is 92.7 Å². The van der Waals surface area contributed by atoms with Gasteiger partial charge in [0.1, 0.15) is 0 Å². The van der Waals surface area contributed by atoms with Gasteiger partial charge in [-0.3, -0.25) is 4.79 Å². The van der Waals surface area contributed by atoms with Crippen molar-refractivity contribution in [2.75, 3.05) is 6.54 Å². The molecular weight excluding hydrogens is 363 g/mol. The minimum Gasteiger partial charge on any atom is -0.543 e. The largest absolute Gasteiger partial charge is 1.00 e. The van der Waals surface area contributed by atoms with E-state index in [0.29, 0.717) is 17.9 Å². The van der Waals surface area contributed by atoms with Crippen LogP contribution >= 0.6 is 24.0 Å². The van der Waals surface area contributed by atoms with Crippen molar-refractivity contribution in [2.24, 2.45) is 11.8 Å². The number of nitrogens with one attached hydrogen (secondary N) is 1. The zero-order valence-electron chi connectivity index (χ0n) is 13.2. The number of β-lactam (4-membered cyclic amide) rings is 1. The maximum Gasteiger partial charge on any atom is 1.00 e. The Hall–Kier alpha value is 0.516. The molecule has 3 rings (SSSR count). The van der Waals surface area contributed by atoms with Gasteiger partial charge in [0.15, 0.2) is 0 Å². The number of hydrogen-bond acceptors (Lipinski definition) is 6. The van der Waals surface area contributed by atoms with Crippen molar-refractivity contribution in [1.82, 2.24) is 10.2 Å². The first-order valence-corrected chi connectivity index (χ1v) is 8.51. The van der Waals surface area contributed by atoms with E-state index in [1.807, 2.05) is 6.92 Å². The number of aliphatic carboxylic acids is 1. The molecule has 0 spiro atoms. The van der Waals surface area contributed by atoms with E-state index in [-0.39, 0.29) is 80.2 Å². The van der Waals surface area contributed by atoms with Crippen molar-refractivity contribution in [3.63, 3.8) is 0 Å². The Kier molecular flexibility index (Phi) is 6.39. The second-order valence-corrected chi connectivity index (χ2v) is 7.84. The van der Waals surface area contributed by atoms with Crippen LogP contribution in [0.2, 0.25) is 0 Å². The molecule has 0 bridgehead atoms. The van der Waals surface area contributed by atoms with Gasteiger partial charge in [0.05, 0.1) is 34.7 Å². The van der Waals surface area contributed by atoms with Crippen molar-refractivity contribution in [1.29, 1.82) is 0 Å². The summed E-state index contributed by atoms with van der Waals surface area (Å²) in [7, 11) is 0. The molecule has 0 saturated carbocycles. The van der Waals surface area contributed by atoms with Gasteiger partial charge in [-0.05, 0) is 6.92 Å². The fourth-order valence-electron chi connectivity index (χ4n) is 3.51. The molecule has 2 N–H and O–H groups in total. The number of rotatable bonds is 4. The molecule has 0 unspecified atom stereocenters. The number of fused-ring (bicyclic) bond motifs is 1. The summed E-state index contributed by atoms with van der Waals surface area (Å²) in [6, 6.07) is -0.288. The molecule has 9 heteroatoms. The van der Waals surface area contributed by atoms with Crippen molar-refractivity contribution in [3.8, 4) is 0 Å². The van der Waals surface area contributed by atoms with Gasteiger partial charge in [-0.25, -0.2) is 0 Å². The third-order valence-corrected chi connectivity index (χ3v) is 6.33. The molecule has 120 valence electrons. The third-order valence-electron chi connectivity index (χ3n) is 4.54. The van der Waals surface area contributed by atoms with Gasteiger partial charge >= 0.3 is 51.4 Å². The molecule has 0 aromatic rings. The number of aliphatic hydroxyl groups is 1. The molecule has 0 aliphatic carbocycles. The number of carbonyl (C=O) groups excluding carboxylic acids is 2. The van der Waals surface area contributed by atoms with Crippen molar-refractivity contribution in [2.45, 2.75) is 37.7 Å². The van der Waals surface area contributed by atoms with Crippen LogP contribution in [0, 0.1) is 11.8 Å². The number of aliphatic hydroxyl groups excluding tert-OH is 1.